The van der Waals surface area contributed by atoms with E-state index < -0.39 is 5.51 Å². The van der Waals surface area contributed by atoms with E-state index in [9.17, 15) is 13.2 Å². The number of benzene rings is 1. The topological polar surface area (TPSA) is 12.0 Å². The maximum Gasteiger partial charge on any atom is 0.441 e. The van der Waals surface area contributed by atoms with Crippen LogP contribution in [0, 0.1) is 0 Å². The Morgan fingerprint density at radius 2 is 2.06 bits per heavy atom. The molecule has 0 aromatic heterocycles. The Kier molecular flexibility index (Phi) is 6.16. The number of thioether (sulfide) groups is 1. The lowest BCUT2D eigenvalue weighted by atomic mass is 10.2. The second-order valence-electron chi connectivity index (χ2n) is 3.45. The van der Waals surface area contributed by atoms with Gasteiger partial charge in [-0.15, -0.1) is 0 Å². The summed E-state index contributed by atoms with van der Waals surface area (Å²) in [6.45, 7) is 1.19. The first kappa shape index (κ1) is 14.7. The summed E-state index contributed by atoms with van der Waals surface area (Å²) in [7, 11) is 0. The molecule has 0 atom stereocenters. The van der Waals surface area contributed by atoms with Gasteiger partial charge >= 0.3 is 5.51 Å². The van der Waals surface area contributed by atoms with Crippen molar-refractivity contribution < 1.29 is 13.2 Å². The van der Waals surface area contributed by atoms with E-state index in [2.05, 4.69) is 5.32 Å². The van der Waals surface area contributed by atoms with E-state index in [1.54, 1.807) is 6.07 Å². The van der Waals surface area contributed by atoms with Crippen molar-refractivity contribution in [2.75, 3.05) is 12.3 Å². The molecular formula is C11H13ClF3NS. The minimum atomic E-state index is -4.12. The van der Waals surface area contributed by atoms with Crippen LogP contribution in [0.1, 0.15) is 12.0 Å². The summed E-state index contributed by atoms with van der Waals surface area (Å²) in [5, 5.41) is 3.74. The van der Waals surface area contributed by atoms with E-state index in [4.69, 9.17) is 11.6 Å². The van der Waals surface area contributed by atoms with E-state index >= 15 is 0 Å². The smallest absolute Gasteiger partial charge is 0.313 e. The van der Waals surface area contributed by atoms with Gasteiger partial charge in [-0.2, -0.15) is 13.2 Å². The Labute approximate surface area is 108 Å². The Morgan fingerprint density at radius 1 is 1.29 bits per heavy atom. The summed E-state index contributed by atoms with van der Waals surface area (Å²) >= 11 is 5.82. The Morgan fingerprint density at radius 3 is 2.71 bits per heavy atom. The predicted molar refractivity (Wildman–Crippen MR) is 66.3 cm³/mol. The number of halogens is 4. The van der Waals surface area contributed by atoms with Gasteiger partial charge in [-0.1, -0.05) is 35.5 Å². The molecule has 0 unspecified atom stereocenters. The van der Waals surface area contributed by atoms with Crippen molar-refractivity contribution in [1.29, 1.82) is 0 Å². The number of hydrogen-bond acceptors (Lipinski definition) is 2. The number of rotatable bonds is 6. The second kappa shape index (κ2) is 7.13. The summed E-state index contributed by atoms with van der Waals surface area (Å²) in [5.41, 5.74) is -3.09. The molecule has 0 heterocycles. The Balaban J connectivity index is 2.09. The van der Waals surface area contributed by atoms with Crippen LogP contribution in [0.3, 0.4) is 0 Å². The van der Waals surface area contributed by atoms with Gasteiger partial charge in [0.2, 0.25) is 0 Å². The van der Waals surface area contributed by atoms with Crippen LogP contribution in [0.25, 0.3) is 0 Å². The molecule has 17 heavy (non-hydrogen) atoms. The summed E-state index contributed by atoms with van der Waals surface area (Å²) in [5.74, 6) is 0.0893. The maximum absolute atomic E-state index is 11.8. The molecule has 6 heteroatoms. The van der Waals surface area contributed by atoms with E-state index in [1.165, 1.54) is 0 Å². The van der Waals surface area contributed by atoms with Crippen LogP contribution in [0.4, 0.5) is 13.2 Å². The molecule has 0 saturated carbocycles. The molecule has 96 valence electrons. The third kappa shape index (κ3) is 7.52. The summed E-state index contributed by atoms with van der Waals surface area (Å²) in [6, 6.07) is 7.38. The van der Waals surface area contributed by atoms with Crippen molar-refractivity contribution in [3.8, 4) is 0 Å². The molecule has 0 amide bonds. The summed E-state index contributed by atoms with van der Waals surface area (Å²) in [4.78, 5) is 0. The molecule has 0 fully saturated rings. The van der Waals surface area contributed by atoms with Gasteiger partial charge in [0.15, 0.2) is 0 Å². The average molecular weight is 284 g/mol. The van der Waals surface area contributed by atoms with Crippen LogP contribution >= 0.6 is 23.4 Å². The second-order valence-corrected chi connectivity index (χ2v) is 5.05. The summed E-state index contributed by atoms with van der Waals surface area (Å²) in [6.07, 6.45) is 0.491. The van der Waals surface area contributed by atoms with Crippen molar-refractivity contribution in [2.24, 2.45) is 0 Å². The monoisotopic (exact) mass is 283 g/mol. The zero-order valence-electron chi connectivity index (χ0n) is 9.06. The van der Waals surface area contributed by atoms with Gasteiger partial charge in [-0.3, -0.25) is 0 Å². The fourth-order valence-electron chi connectivity index (χ4n) is 1.26. The van der Waals surface area contributed by atoms with Crippen LogP contribution in [-0.2, 0) is 6.54 Å². The van der Waals surface area contributed by atoms with E-state index in [0.717, 1.165) is 5.56 Å². The van der Waals surface area contributed by atoms with Crippen LogP contribution in [0.15, 0.2) is 24.3 Å². The quantitative estimate of drug-likeness (QED) is 0.790. The van der Waals surface area contributed by atoms with Crippen LogP contribution in [-0.4, -0.2) is 17.8 Å². The van der Waals surface area contributed by atoms with Crippen LogP contribution in [0.5, 0.6) is 0 Å². The fourth-order valence-corrected chi connectivity index (χ4v) is 2.00. The molecular weight excluding hydrogens is 271 g/mol. The first-order valence-corrected chi connectivity index (χ1v) is 6.49. The van der Waals surface area contributed by atoms with Gasteiger partial charge in [0.25, 0.3) is 0 Å². The molecule has 1 N–H and O–H groups in total. The molecule has 0 aliphatic rings. The summed E-state index contributed by atoms with van der Waals surface area (Å²) < 4.78 is 35.4. The average Bonchev–Trinajstić information content (AvgIpc) is 2.22. The van der Waals surface area contributed by atoms with Crippen molar-refractivity contribution in [3.05, 3.63) is 34.9 Å². The molecule has 1 aromatic rings. The highest BCUT2D eigenvalue weighted by molar-refractivity contribution is 8.00. The van der Waals surface area contributed by atoms with Crippen molar-refractivity contribution in [1.82, 2.24) is 5.32 Å². The highest BCUT2D eigenvalue weighted by atomic mass is 35.5. The largest absolute Gasteiger partial charge is 0.441 e. The van der Waals surface area contributed by atoms with Gasteiger partial charge in [0.05, 0.1) is 0 Å². The lowest BCUT2D eigenvalue weighted by Crippen LogP contribution is -2.16. The molecule has 1 rings (SSSR count). The highest BCUT2D eigenvalue weighted by Gasteiger charge is 2.27. The third-order valence-corrected chi connectivity index (χ3v) is 3.04. The van der Waals surface area contributed by atoms with Crippen molar-refractivity contribution in [3.63, 3.8) is 0 Å². The molecule has 1 aromatic carbocycles. The normalized spacial score (nSPS) is 11.8. The van der Waals surface area contributed by atoms with E-state index in [0.29, 0.717) is 24.5 Å². The standard InChI is InChI=1S/C11H13ClF3NS/c12-10-4-1-3-9(7-10)8-16-5-2-6-17-11(13,14)15/h1,3-4,7,16H,2,5-6,8H2. The van der Waals surface area contributed by atoms with Crippen LogP contribution in [0.2, 0.25) is 5.02 Å². The van der Waals surface area contributed by atoms with Gasteiger partial charge < -0.3 is 5.32 Å². The Bertz CT molecular complexity index is 344. The zero-order valence-corrected chi connectivity index (χ0v) is 10.6. The maximum atomic E-state index is 11.8. The molecule has 0 aliphatic carbocycles. The van der Waals surface area contributed by atoms with Crippen molar-refractivity contribution in [2.45, 2.75) is 18.5 Å². The van der Waals surface area contributed by atoms with Gasteiger partial charge in [-0.05, 0) is 30.7 Å². The SMILES string of the molecule is FC(F)(F)SCCCNCc1cccc(Cl)c1. The van der Waals surface area contributed by atoms with Gasteiger partial charge in [-0.25, -0.2) is 0 Å². The highest BCUT2D eigenvalue weighted by Crippen LogP contribution is 2.30. The number of hydrogen-bond donors (Lipinski definition) is 1. The first-order valence-electron chi connectivity index (χ1n) is 5.13. The number of nitrogens with one attached hydrogen (secondary N) is 1. The molecule has 0 aliphatic heterocycles. The van der Waals surface area contributed by atoms with Crippen LogP contribution < -0.4 is 5.32 Å². The van der Waals surface area contributed by atoms with E-state index in [1.807, 2.05) is 18.2 Å². The molecule has 0 bridgehead atoms. The van der Waals surface area contributed by atoms with Crippen molar-refractivity contribution >= 4 is 23.4 Å². The molecule has 0 saturated heterocycles. The minimum absolute atomic E-state index is 0.0212. The van der Waals surface area contributed by atoms with E-state index in [-0.39, 0.29) is 17.5 Å². The minimum Gasteiger partial charge on any atom is -0.313 e. The predicted octanol–water partition coefficient (Wildman–Crippen LogP) is 4.07. The van der Waals surface area contributed by atoms with Gasteiger partial charge in [0, 0.05) is 17.3 Å². The van der Waals surface area contributed by atoms with Gasteiger partial charge in [0.1, 0.15) is 0 Å². The molecule has 0 spiro atoms. The fraction of sp³-hybridized carbons (Fsp3) is 0.455. The first-order chi connectivity index (χ1) is 7.97. The molecule has 1 nitrogen and oxygen atoms in total. The lowest BCUT2D eigenvalue weighted by Gasteiger charge is -2.07. The zero-order chi connectivity index (χ0) is 12.7. The molecule has 0 radical (unpaired) electrons. The number of alkyl halides is 3. The Hall–Kier alpha value is -0.390. The third-order valence-electron chi connectivity index (χ3n) is 1.98. The lowest BCUT2D eigenvalue weighted by molar-refractivity contribution is -0.0327.